The molecule has 6 heteroatoms. The summed E-state index contributed by atoms with van der Waals surface area (Å²) in [6.07, 6.45) is 8.44. The minimum Gasteiger partial charge on any atom is -0.379 e. The lowest BCUT2D eigenvalue weighted by Gasteiger charge is -2.17. The molecule has 2 aliphatic rings. The van der Waals surface area contributed by atoms with Gasteiger partial charge in [-0.25, -0.2) is 4.98 Å². The number of pyridine rings is 1. The molecule has 0 bridgehead atoms. The number of hydrogen-bond donors (Lipinski definition) is 1. The summed E-state index contributed by atoms with van der Waals surface area (Å²) in [5, 5.41) is 1.67. The van der Waals surface area contributed by atoms with Crippen molar-refractivity contribution in [3.05, 3.63) is 35.2 Å². The second-order valence-electron chi connectivity index (χ2n) is 6.98. The monoisotopic (exact) mass is 373 g/mol. The van der Waals surface area contributed by atoms with Crippen molar-refractivity contribution >= 4 is 33.5 Å². The predicted octanol–water partition coefficient (Wildman–Crippen LogP) is 5.19. The molecule has 2 saturated heterocycles. The number of aromatic nitrogens is 3. The Kier molecular flexibility index (Phi) is 5.38. The average molecular weight is 374 g/mol. The molecule has 0 amide bonds. The summed E-state index contributed by atoms with van der Waals surface area (Å²) in [6, 6.07) is 5.67. The quantitative estimate of drug-likeness (QED) is 0.637. The van der Waals surface area contributed by atoms with Gasteiger partial charge in [-0.1, -0.05) is 11.6 Å². The van der Waals surface area contributed by atoms with Crippen molar-refractivity contribution in [2.24, 2.45) is 0 Å². The first-order valence-corrected chi connectivity index (χ1v) is 9.75. The summed E-state index contributed by atoms with van der Waals surface area (Å²) in [5.41, 5.74) is 2.75. The van der Waals surface area contributed by atoms with Crippen LogP contribution in [-0.2, 0) is 9.47 Å². The third-order valence-corrected chi connectivity index (χ3v) is 5.17. The highest BCUT2D eigenvalue weighted by Crippen LogP contribution is 2.30. The van der Waals surface area contributed by atoms with Gasteiger partial charge in [0.25, 0.3) is 0 Å². The van der Waals surface area contributed by atoms with Crippen LogP contribution in [0.5, 0.6) is 0 Å². The predicted molar refractivity (Wildman–Crippen MR) is 104 cm³/mol. The lowest BCUT2D eigenvalue weighted by atomic mass is 10.1. The summed E-state index contributed by atoms with van der Waals surface area (Å²) in [4.78, 5) is 12.4. The first-order chi connectivity index (χ1) is 12.7. The molecule has 2 aliphatic heterocycles. The molecule has 2 fully saturated rings. The summed E-state index contributed by atoms with van der Waals surface area (Å²) in [7, 11) is 0. The zero-order chi connectivity index (χ0) is 17.9. The molecule has 26 heavy (non-hydrogen) atoms. The lowest BCUT2D eigenvalue weighted by molar-refractivity contribution is 0.0285. The first-order valence-electron chi connectivity index (χ1n) is 9.38. The molecular weight excluding hydrogens is 350 g/mol. The zero-order valence-electron chi connectivity index (χ0n) is 15.0. The molecule has 0 aliphatic carbocycles. The molecule has 1 unspecified atom stereocenters. The van der Waals surface area contributed by atoms with E-state index in [-0.39, 0.29) is 6.10 Å². The van der Waals surface area contributed by atoms with Gasteiger partial charge >= 0.3 is 0 Å². The van der Waals surface area contributed by atoms with Crippen LogP contribution < -0.4 is 0 Å². The molecule has 1 aromatic carbocycles. The highest BCUT2D eigenvalue weighted by molar-refractivity contribution is 6.31. The lowest BCUT2D eigenvalue weighted by Crippen LogP contribution is -2.14. The van der Waals surface area contributed by atoms with Gasteiger partial charge in [0, 0.05) is 23.6 Å². The van der Waals surface area contributed by atoms with Crippen LogP contribution >= 0.6 is 11.6 Å². The molecule has 3 aromatic rings. The van der Waals surface area contributed by atoms with E-state index in [2.05, 4.69) is 21.9 Å². The van der Waals surface area contributed by atoms with E-state index in [1.54, 1.807) is 0 Å². The molecule has 2 atom stereocenters. The van der Waals surface area contributed by atoms with Crippen LogP contribution in [0.3, 0.4) is 0 Å². The number of halogens is 1. The number of imidazole rings is 1. The highest BCUT2D eigenvalue weighted by atomic mass is 35.5. The Morgan fingerprint density at radius 1 is 1.12 bits per heavy atom. The van der Waals surface area contributed by atoms with Crippen molar-refractivity contribution in [3.8, 4) is 0 Å². The fraction of sp³-hybridized carbons (Fsp3) is 0.500. The molecule has 2 aromatic heterocycles. The second kappa shape index (κ2) is 7.91. The maximum Gasteiger partial charge on any atom is 0.136 e. The van der Waals surface area contributed by atoms with Crippen molar-refractivity contribution in [2.75, 3.05) is 13.2 Å². The Morgan fingerprint density at radius 3 is 2.69 bits per heavy atom. The van der Waals surface area contributed by atoms with Gasteiger partial charge in [0.1, 0.15) is 11.9 Å². The fourth-order valence-corrected chi connectivity index (χ4v) is 3.67. The van der Waals surface area contributed by atoms with E-state index in [1.807, 2.05) is 24.4 Å². The van der Waals surface area contributed by atoms with Gasteiger partial charge in [0.05, 0.1) is 28.9 Å². The first kappa shape index (κ1) is 17.7. The maximum atomic E-state index is 6.06. The molecule has 0 saturated carbocycles. The van der Waals surface area contributed by atoms with Crippen molar-refractivity contribution < 1.29 is 9.47 Å². The topological polar surface area (TPSA) is 60.0 Å². The van der Waals surface area contributed by atoms with Crippen molar-refractivity contribution in [1.29, 1.82) is 0 Å². The summed E-state index contributed by atoms with van der Waals surface area (Å²) >= 11 is 6.06. The summed E-state index contributed by atoms with van der Waals surface area (Å²) in [5.74, 6) is 0.891. The van der Waals surface area contributed by atoms with Crippen LogP contribution in [0.2, 0.25) is 5.02 Å². The Morgan fingerprint density at radius 2 is 2.00 bits per heavy atom. The summed E-state index contributed by atoms with van der Waals surface area (Å²) < 4.78 is 10.9. The van der Waals surface area contributed by atoms with Gasteiger partial charge in [0.15, 0.2) is 0 Å². The minimum absolute atomic E-state index is 0.0848. The number of fused-ring (bicyclic) bond motifs is 3. The Bertz CT molecular complexity index is 883. The van der Waals surface area contributed by atoms with Gasteiger partial charge in [-0.15, -0.1) is 0 Å². The fourth-order valence-electron chi connectivity index (χ4n) is 3.50. The Labute approximate surface area is 158 Å². The Hall–Kier alpha value is -1.69. The molecule has 138 valence electrons. The van der Waals surface area contributed by atoms with E-state index in [9.17, 15) is 0 Å². The van der Waals surface area contributed by atoms with Gasteiger partial charge in [-0.2, -0.15) is 0 Å². The largest absolute Gasteiger partial charge is 0.379 e. The maximum absolute atomic E-state index is 6.06. The van der Waals surface area contributed by atoms with Crippen molar-refractivity contribution in [3.63, 3.8) is 0 Å². The van der Waals surface area contributed by atoms with E-state index >= 15 is 0 Å². The smallest absolute Gasteiger partial charge is 0.136 e. The number of ether oxygens (including phenoxy) is 2. The minimum atomic E-state index is 0.0848. The third kappa shape index (κ3) is 3.85. The van der Waals surface area contributed by atoms with Crippen molar-refractivity contribution in [1.82, 2.24) is 15.0 Å². The summed E-state index contributed by atoms with van der Waals surface area (Å²) in [6.45, 7) is 3.94. The molecule has 0 radical (unpaired) electrons. The molecule has 1 N–H and O–H groups in total. The van der Waals surface area contributed by atoms with E-state index in [0.717, 1.165) is 53.8 Å². The van der Waals surface area contributed by atoms with Crippen molar-refractivity contribution in [2.45, 2.75) is 51.2 Å². The molecule has 0 spiro atoms. The van der Waals surface area contributed by atoms with Gasteiger partial charge < -0.3 is 14.5 Å². The number of aromatic amines is 1. The molecule has 5 nitrogen and oxygen atoms in total. The highest BCUT2D eigenvalue weighted by Gasteiger charge is 2.21. The molecule has 5 rings (SSSR count). The Balaban J connectivity index is 0.000000204. The molecule has 4 heterocycles. The van der Waals surface area contributed by atoms with E-state index in [1.165, 1.54) is 19.3 Å². The SMILES string of the molecule is C[C@@H]1CCCCO1.Clc1ccc2ncc3[nH]c(C4CCCO4)nc3c2c1. The number of rotatable bonds is 1. The normalized spacial score (nSPS) is 23.2. The van der Waals surface area contributed by atoms with E-state index in [0.29, 0.717) is 11.1 Å². The van der Waals surface area contributed by atoms with E-state index < -0.39 is 0 Å². The van der Waals surface area contributed by atoms with Crippen LogP contribution in [0.25, 0.3) is 21.9 Å². The number of nitrogens with one attached hydrogen (secondary N) is 1. The number of benzene rings is 1. The standard InChI is InChI=1S/C14H12ClN3O.C6H12O/c15-8-3-4-10-9(6-8)13-11(7-16-10)17-14(18-13)12-2-1-5-19-12;1-6-4-2-3-5-7-6/h3-4,6-7,12H,1-2,5H2,(H,17,18);6H,2-5H2,1H3/t;6-/m.1/s1. The number of nitrogens with zero attached hydrogens (tertiary/aromatic N) is 2. The van der Waals surface area contributed by atoms with Crippen LogP contribution in [0.4, 0.5) is 0 Å². The number of hydrogen-bond acceptors (Lipinski definition) is 4. The van der Waals surface area contributed by atoms with Crippen LogP contribution in [0.1, 0.15) is 51.0 Å². The average Bonchev–Trinajstić information content (AvgIpc) is 3.32. The van der Waals surface area contributed by atoms with Crippen LogP contribution in [-0.4, -0.2) is 34.3 Å². The third-order valence-electron chi connectivity index (χ3n) is 4.94. The van der Waals surface area contributed by atoms with Gasteiger partial charge in [-0.05, 0) is 57.2 Å². The van der Waals surface area contributed by atoms with Gasteiger partial charge in [0.2, 0.25) is 0 Å². The van der Waals surface area contributed by atoms with Crippen LogP contribution in [0, 0.1) is 0 Å². The zero-order valence-corrected chi connectivity index (χ0v) is 15.8. The molecular formula is C20H24ClN3O2. The van der Waals surface area contributed by atoms with Gasteiger partial charge in [-0.3, -0.25) is 4.98 Å². The van der Waals surface area contributed by atoms with Crippen LogP contribution in [0.15, 0.2) is 24.4 Å². The second-order valence-corrected chi connectivity index (χ2v) is 7.42. The van der Waals surface area contributed by atoms with E-state index in [4.69, 9.17) is 21.1 Å². The number of H-pyrrole nitrogens is 1.